The van der Waals surface area contributed by atoms with Crippen LogP contribution in [0.2, 0.25) is 0 Å². The first-order chi connectivity index (χ1) is 14.5. The standard InChI is InChI=1S/C22H17BrN4O3/c23-16-8-6-7-15(13-16)14-24-27-22(30)21(29)26-19-12-5-4-11-18(19)20(28)25-17-9-2-1-3-10-17/h1-14H,(H,25,28)(H,26,29)(H,27,30)/b24-14+. The zero-order chi connectivity index (χ0) is 21.3. The van der Waals surface area contributed by atoms with Crippen LogP contribution in [0.4, 0.5) is 11.4 Å². The molecule has 0 radical (unpaired) electrons. The summed E-state index contributed by atoms with van der Waals surface area (Å²) >= 11 is 3.34. The van der Waals surface area contributed by atoms with Crippen molar-refractivity contribution in [2.24, 2.45) is 5.10 Å². The Morgan fingerprint density at radius 1 is 0.800 bits per heavy atom. The van der Waals surface area contributed by atoms with E-state index in [0.29, 0.717) is 5.69 Å². The maximum absolute atomic E-state index is 12.6. The zero-order valence-corrected chi connectivity index (χ0v) is 17.2. The molecule has 3 N–H and O–H groups in total. The highest BCUT2D eigenvalue weighted by molar-refractivity contribution is 9.10. The van der Waals surface area contributed by atoms with Crippen LogP contribution < -0.4 is 16.1 Å². The predicted molar refractivity (Wildman–Crippen MR) is 119 cm³/mol. The van der Waals surface area contributed by atoms with Gasteiger partial charge in [0.05, 0.1) is 17.5 Å². The molecule has 150 valence electrons. The molecule has 30 heavy (non-hydrogen) atoms. The van der Waals surface area contributed by atoms with Crippen LogP contribution in [0, 0.1) is 0 Å². The first-order valence-electron chi connectivity index (χ1n) is 8.88. The lowest BCUT2D eigenvalue weighted by atomic mass is 10.1. The van der Waals surface area contributed by atoms with E-state index >= 15 is 0 Å². The highest BCUT2D eigenvalue weighted by Gasteiger charge is 2.17. The lowest BCUT2D eigenvalue weighted by Crippen LogP contribution is -2.33. The largest absolute Gasteiger partial charge is 0.329 e. The van der Waals surface area contributed by atoms with Gasteiger partial charge in [-0.2, -0.15) is 5.10 Å². The molecular weight excluding hydrogens is 448 g/mol. The van der Waals surface area contributed by atoms with Gasteiger partial charge in [-0.25, -0.2) is 5.43 Å². The predicted octanol–water partition coefficient (Wildman–Crippen LogP) is 3.79. The molecule has 0 aromatic heterocycles. The Bertz CT molecular complexity index is 1100. The molecule has 3 aromatic rings. The number of nitrogens with one attached hydrogen (secondary N) is 3. The van der Waals surface area contributed by atoms with E-state index in [1.54, 1.807) is 54.6 Å². The number of halogens is 1. The van der Waals surface area contributed by atoms with E-state index in [1.165, 1.54) is 12.3 Å². The second-order valence-electron chi connectivity index (χ2n) is 6.07. The summed E-state index contributed by atoms with van der Waals surface area (Å²) in [6.45, 7) is 0. The third-order valence-corrected chi connectivity index (χ3v) is 4.38. The maximum Gasteiger partial charge on any atom is 0.329 e. The Balaban J connectivity index is 1.63. The summed E-state index contributed by atoms with van der Waals surface area (Å²) in [6.07, 6.45) is 1.41. The van der Waals surface area contributed by atoms with E-state index in [0.717, 1.165) is 10.0 Å². The molecule has 0 atom stereocenters. The third kappa shape index (κ3) is 5.86. The van der Waals surface area contributed by atoms with Gasteiger partial charge >= 0.3 is 11.8 Å². The summed E-state index contributed by atoms with van der Waals surface area (Å²) in [7, 11) is 0. The number of para-hydroxylation sites is 2. The van der Waals surface area contributed by atoms with Crippen molar-refractivity contribution < 1.29 is 14.4 Å². The highest BCUT2D eigenvalue weighted by atomic mass is 79.9. The molecule has 3 rings (SSSR count). The van der Waals surface area contributed by atoms with Crippen LogP contribution in [-0.2, 0) is 9.59 Å². The SMILES string of the molecule is O=C(N/N=C/c1cccc(Br)c1)C(=O)Nc1ccccc1C(=O)Nc1ccccc1. The van der Waals surface area contributed by atoms with Gasteiger partial charge in [0.1, 0.15) is 0 Å². The van der Waals surface area contributed by atoms with E-state index in [9.17, 15) is 14.4 Å². The van der Waals surface area contributed by atoms with Crippen LogP contribution in [0.5, 0.6) is 0 Å². The van der Waals surface area contributed by atoms with Crippen molar-refractivity contribution in [1.82, 2.24) is 5.43 Å². The normalized spacial score (nSPS) is 10.4. The van der Waals surface area contributed by atoms with Crippen LogP contribution >= 0.6 is 15.9 Å². The van der Waals surface area contributed by atoms with Crippen molar-refractivity contribution in [2.75, 3.05) is 10.6 Å². The Morgan fingerprint density at radius 2 is 1.53 bits per heavy atom. The van der Waals surface area contributed by atoms with Gasteiger partial charge in [-0.1, -0.05) is 58.4 Å². The van der Waals surface area contributed by atoms with E-state index in [4.69, 9.17) is 0 Å². The average molecular weight is 465 g/mol. The lowest BCUT2D eigenvalue weighted by Gasteiger charge is -2.11. The number of carbonyl (C=O) groups excluding carboxylic acids is 3. The smallest absolute Gasteiger partial charge is 0.322 e. The van der Waals surface area contributed by atoms with Gasteiger partial charge in [0.2, 0.25) is 0 Å². The number of benzene rings is 3. The van der Waals surface area contributed by atoms with Gasteiger partial charge in [0.15, 0.2) is 0 Å². The molecule has 0 saturated carbocycles. The number of hydrazone groups is 1. The third-order valence-electron chi connectivity index (χ3n) is 3.89. The molecule has 7 nitrogen and oxygen atoms in total. The minimum atomic E-state index is -0.959. The van der Waals surface area contributed by atoms with Crippen molar-refractivity contribution >= 4 is 51.2 Å². The molecule has 0 heterocycles. The van der Waals surface area contributed by atoms with Crippen molar-refractivity contribution in [1.29, 1.82) is 0 Å². The van der Waals surface area contributed by atoms with Gasteiger partial charge in [0.25, 0.3) is 5.91 Å². The molecular formula is C22H17BrN4O3. The fourth-order valence-corrected chi connectivity index (χ4v) is 2.91. The van der Waals surface area contributed by atoms with Crippen molar-refractivity contribution in [3.8, 4) is 0 Å². The van der Waals surface area contributed by atoms with Crippen LogP contribution in [0.25, 0.3) is 0 Å². The molecule has 0 spiro atoms. The molecule has 0 aliphatic carbocycles. The molecule has 0 aliphatic rings. The van der Waals surface area contributed by atoms with Gasteiger partial charge in [-0.05, 0) is 42.0 Å². The first kappa shape index (κ1) is 20.9. The van der Waals surface area contributed by atoms with Crippen LogP contribution in [0.3, 0.4) is 0 Å². The zero-order valence-electron chi connectivity index (χ0n) is 15.6. The second-order valence-corrected chi connectivity index (χ2v) is 6.99. The van der Waals surface area contributed by atoms with E-state index < -0.39 is 17.7 Å². The number of anilines is 2. The summed E-state index contributed by atoms with van der Waals surface area (Å²) in [5.41, 5.74) is 3.95. The summed E-state index contributed by atoms with van der Waals surface area (Å²) in [6, 6.07) is 22.6. The van der Waals surface area contributed by atoms with E-state index in [-0.39, 0.29) is 11.3 Å². The van der Waals surface area contributed by atoms with E-state index in [2.05, 4.69) is 37.1 Å². The van der Waals surface area contributed by atoms with E-state index in [1.807, 2.05) is 18.2 Å². The quantitative estimate of drug-likeness (QED) is 0.304. The van der Waals surface area contributed by atoms with Gasteiger partial charge in [-0.15, -0.1) is 0 Å². The van der Waals surface area contributed by atoms with Gasteiger partial charge in [0, 0.05) is 10.2 Å². The van der Waals surface area contributed by atoms with Gasteiger partial charge < -0.3 is 10.6 Å². The number of hydrogen-bond acceptors (Lipinski definition) is 4. The lowest BCUT2D eigenvalue weighted by molar-refractivity contribution is -0.136. The Kier molecular flexibility index (Phi) is 7.07. The number of amides is 3. The minimum Gasteiger partial charge on any atom is -0.322 e. The van der Waals surface area contributed by atoms with Crippen LogP contribution in [0.1, 0.15) is 15.9 Å². The fourth-order valence-electron chi connectivity index (χ4n) is 2.49. The Labute approximate surface area is 181 Å². The molecule has 0 bridgehead atoms. The number of rotatable bonds is 5. The first-order valence-corrected chi connectivity index (χ1v) is 9.67. The number of nitrogens with zero attached hydrogens (tertiary/aromatic N) is 1. The summed E-state index contributed by atoms with van der Waals surface area (Å²) < 4.78 is 0.862. The summed E-state index contributed by atoms with van der Waals surface area (Å²) in [4.78, 5) is 36.8. The van der Waals surface area contributed by atoms with Crippen LogP contribution in [0.15, 0.2) is 88.4 Å². The molecule has 8 heteroatoms. The molecule has 0 fully saturated rings. The minimum absolute atomic E-state index is 0.210. The maximum atomic E-state index is 12.6. The van der Waals surface area contributed by atoms with Crippen molar-refractivity contribution in [3.05, 3.63) is 94.5 Å². The van der Waals surface area contributed by atoms with Crippen LogP contribution in [-0.4, -0.2) is 23.9 Å². The van der Waals surface area contributed by atoms with Crippen molar-refractivity contribution in [3.63, 3.8) is 0 Å². The fraction of sp³-hybridized carbons (Fsp3) is 0. The number of carbonyl (C=O) groups is 3. The Morgan fingerprint density at radius 3 is 2.30 bits per heavy atom. The Hall–Kier alpha value is -3.78. The monoisotopic (exact) mass is 464 g/mol. The van der Waals surface area contributed by atoms with Crippen molar-refractivity contribution in [2.45, 2.75) is 0 Å². The highest BCUT2D eigenvalue weighted by Crippen LogP contribution is 2.17. The summed E-state index contributed by atoms with van der Waals surface area (Å²) in [5, 5.41) is 8.95. The number of hydrogen-bond donors (Lipinski definition) is 3. The molecule has 0 unspecified atom stereocenters. The average Bonchev–Trinajstić information content (AvgIpc) is 2.74. The molecule has 0 saturated heterocycles. The second kappa shape index (κ2) is 10.1. The topological polar surface area (TPSA) is 99.7 Å². The molecule has 3 amide bonds. The molecule has 0 aliphatic heterocycles. The summed E-state index contributed by atoms with van der Waals surface area (Å²) in [5.74, 6) is -2.31. The molecule has 3 aromatic carbocycles. The van der Waals surface area contributed by atoms with Gasteiger partial charge in [-0.3, -0.25) is 14.4 Å².